The van der Waals surface area contributed by atoms with E-state index in [9.17, 15) is 14.4 Å². The van der Waals surface area contributed by atoms with Crippen molar-refractivity contribution in [2.24, 2.45) is 0 Å². The number of carbonyl (C=O) groups excluding carboxylic acids is 3. The first-order chi connectivity index (χ1) is 11.6. The molecule has 0 bridgehead atoms. The van der Waals surface area contributed by atoms with Gasteiger partial charge in [0.25, 0.3) is 5.91 Å². The Morgan fingerprint density at radius 1 is 1.17 bits per heavy atom. The number of amides is 3. The number of rotatable bonds is 4. The molecule has 2 aromatic rings. The molecular weight excluding hydrogens is 310 g/mol. The van der Waals surface area contributed by atoms with E-state index in [1.54, 1.807) is 29.2 Å². The molecule has 1 aromatic carbocycles. The van der Waals surface area contributed by atoms with Crippen LogP contribution < -0.4 is 15.5 Å². The van der Waals surface area contributed by atoms with Crippen molar-refractivity contribution >= 4 is 23.4 Å². The molecule has 0 saturated heterocycles. The van der Waals surface area contributed by atoms with E-state index in [0.717, 1.165) is 5.69 Å². The molecule has 124 valence electrons. The number of hydrogen-bond donors (Lipinski definition) is 2. The van der Waals surface area contributed by atoms with Crippen LogP contribution in [0, 0.1) is 0 Å². The number of fused-ring (bicyclic) bond motifs is 1. The molecule has 0 spiro atoms. The van der Waals surface area contributed by atoms with Gasteiger partial charge in [-0.2, -0.15) is 0 Å². The molecule has 1 aliphatic heterocycles. The number of nitrogens with zero attached hydrogens (tertiary/aromatic N) is 1. The van der Waals surface area contributed by atoms with Crippen molar-refractivity contribution in [3.05, 3.63) is 54.0 Å². The van der Waals surface area contributed by atoms with Crippen LogP contribution in [0.2, 0.25) is 0 Å². The highest BCUT2D eigenvalue weighted by Crippen LogP contribution is 2.35. The van der Waals surface area contributed by atoms with E-state index in [1.165, 1.54) is 6.26 Å². The van der Waals surface area contributed by atoms with E-state index < -0.39 is 17.9 Å². The third-order valence-electron chi connectivity index (χ3n) is 3.85. The van der Waals surface area contributed by atoms with Crippen molar-refractivity contribution in [3.63, 3.8) is 0 Å². The summed E-state index contributed by atoms with van der Waals surface area (Å²) in [6, 6.07) is 9.75. The van der Waals surface area contributed by atoms with Gasteiger partial charge in [-0.05, 0) is 25.1 Å². The molecule has 7 heteroatoms. The summed E-state index contributed by atoms with van der Waals surface area (Å²) < 4.78 is 5.08. The standard InChI is InChI=1S/C17H17N3O4/c1-2-20-13-8-4-3-7-12(13)14(17(20)23)19-16(22)15(21)18-10-11-6-5-9-24-11/h3-9,14H,2,10H2,1H3,(H,18,21)(H,19,22). The van der Waals surface area contributed by atoms with Gasteiger partial charge in [-0.1, -0.05) is 18.2 Å². The Hall–Kier alpha value is -3.09. The molecule has 1 atom stereocenters. The predicted molar refractivity (Wildman–Crippen MR) is 85.9 cm³/mol. The highest BCUT2D eigenvalue weighted by atomic mass is 16.3. The van der Waals surface area contributed by atoms with Crippen LogP contribution in [0.25, 0.3) is 0 Å². The summed E-state index contributed by atoms with van der Waals surface area (Å²) in [5.74, 6) is -1.37. The van der Waals surface area contributed by atoms with Gasteiger partial charge in [-0.3, -0.25) is 14.4 Å². The Morgan fingerprint density at radius 3 is 2.67 bits per heavy atom. The zero-order valence-electron chi connectivity index (χ0n) is 13.1. The van der Waals surface area contributed by atoms with Gasteiger partial charge < -0.3 is 20.0 Å². The van der Waals surface area contributed by atoms with Gasteiger partial charge in [0.15, 0.2) is 0 Å². The quantitative estimate of drug-likeness (QED) is 0.823. The van der Waals surface area contributed by atoms with E-state index in [0.29, 0.717) is 17.9 Å². The number of furan rings is 1. The van der Waals surface area contributed by atoms with E-state index in [2.05, 4.69) is 10.6 Å². The molecule has 0 saturated carbocycles. The van der Waals surface area contributed by atoms with Gasteiger partial charge in [-0.15, -0.1) is 0 Å². The zero-order valence-corrected chi connectivity index (χ0v) is 13.1. The highest BCUT2D eigenvalue weighted by molar-refractivity contribution is 6.35. The fourth-order valence-electron chi connectivity index (χ4n) is 2.71. The van der Waals surface area contributed by atoms with Gasteiger partial charge in [0.05, 0.1) is 12.8 Å². The number of likely N-dealkylation sites (N-methyl/N-ethyl adjacent to an activating group) is 1. The van der Waals surface area contributed by atoms with Crippen molar-refractivity contribution < 1.29 is 18.8 Å². The van der Waals surface area contributed by atoms with Crippen molar-refractivity contribution in [3.8, 4) is 0 Å². The van der Waals surface area contributed by atoms with Gasteiger partial charge in [0, 0.05) is 17.8 Å². The first-order valence-corrected chi connectivity index (χ1v) is 7.63. The molecule has 0 radical (unpaired) electrons. The van der Waals surface area contributed by atoms with Crippen LogP contribution in [0.5, 0.6) is 0 Å². The second-order valence-electron chi connectivity index (χ2n) is 5.31. The lowest BCUT2D eigenvalue weighted by atomic mass is 10.1. The minimum Gasteiger partial charge on any atom is -0.467 e. The Morgan fingerprint density at radius 2 is 1.96 bits per heavy atom. The van der Waals surface area contributed by atoms with Crippen LogP contribution in [-0.2, 0) is 20.9 Å². The molecule has 3 rings (SSSR count). The lowest BCUT2D eigenvalue weighted by Crippen LogP contribution is -2.44. The largest absolute Gasteiger partial charge is 0.467 e. The van der Waals surface area contributed by atoms with Crippen molar-refractivity contribution in [2.45, 2.75) is 19.5 Å². The topological polar surface area (TPSA) is 91.7 Å². The second kappa shape index (κ2) is 6.57. The van der Waals surface area contributed by atoms with Gasteiger partial charge >= 0.3 is 11.8 Å². The van der Waals surface area contributed by atoms with Crippen molar-refractivity contribution in [1.82, 2.24) is 10.6 Å². The molecule has 3 amide bonds. The monoisotopic (exact) mass is 327 g/mol. The lowest BCUT2D eigenvalue weighted by Gasteiger charge is -2.15. The fourth-order valence-corrected chi connectivity index (χ4v) is 2.71. The van der Waals surface area contributed by atoms with E-state index in [-0.39, 0.29) is 12.5 Å². The van der Waals surface area contributed by atoms with E-state index in [4.69, 9.17) is 4.42 Å². The van der Waals surface area contributed by atoms with Crippen LogP contribution in [0.1, 0.15) is 24.3 Å². The summed E-state index contributed by atoms with van der Waals surface area (Å²) in [6.07, 6.45) is 1.48. The predicted octanol–water partition coefficient (Wildman–Crippen LogP) is 1.12. The minimum atomic E-state index is -0.854. The number of nitrogens with one attached hydrogen (secondary N) is 2. The first-order valence-electron chi connectivity index (χ1n) is 7.63. The SMILES string of the molecule is CCN1C(=O)C(NC(=O)C(=O)NCc2ccco2)c2ccccc21. The Kier molecular flexibility index (Phi) is 4.33. The summed E-state index contributed by atoms with van der Waals surface area (Å²) in [7, 11) is 0. The van der Waals surface area contributed by atoms with Gasteiger partial charge in [0.2, 0.25) is 0 Å². The van der Waals surface area contributed by atoms with Crippen LogP contribution in [0.4, 0.5) is 5.69 Å². The van der Waals surface area contributed by atoms with Crippen LogP contribution in [-0.4, -0.2) is 24.3 Å². The normalized spacial score (nSPS) is 16.0. The van der Waals surface area contributed by atoms with Crippen molar-refractivity contribution in [2.75, 3.05) is 11.4 Å². The average molecular weight is 327 g/mol. The third kappa shape index (κ3) is 2.88. The smallest absolute Gasteiger partial charge is 0.310 e. The number of hydrogen-bond acceptors (Lipinski definition) is 4. The molecular formula is C17H17N3O4. The molecule has 1 unspecified atom stereocenters. The molecule has 2 N–H and O–H groups in total. The molecule has 24 heavy (non-hydrogen) atoms. The molecule has 7 nitrogen and oxygen atoms in total. The lowest BCUT2D eigenvalue weighted by molar-refractivity contribution is -0.140. The summed E-state index contributed by atoms with van der Waals surface area (Å²) >= 11 is 0. The van der Waals surface area contributed by atoms with Crippen LogP contribution in [0.15, 0.2) is 47.1 Å². The maximum Gasteiger partial charge on any atom is 0.310 e. The molecule has 2 heterocycles. The minimum absolute atomic E-state index is 0.107. The van der Waals surface area contributed by atoms with Crippen LogP contribution in [0.3, 0.4) is 0 Å². The number of para-hydroxylation sites is 1. The summed E-state index contributed by atoms with van der Waals surface area (Å²) in [5, 5.41) is 4.96. The Balaban J connectivity index is 1.67. The maximum absolute atomic E-state index is 12.5. The number of anilines is 1. The second-order valence-corrected chi connectivity index (χ2v) is 5.31. The summed E-state index contributed by atoms with van der Waals surface area (Å²) in [6.45, 7) is 2.46. The third-order valence-corrected chi connectivity index (χ3v) is 3.85. The molecule has 1 aliphatic rings. The van der Waals surface area contributed by atoms with Gasteiger partial charge in [0.1, 0.15) is 11.8 Å². The van der Waals surface area contributed by atoms with Crippen molar-refractivity contribution in [1.29, 1.82) is 0 Å². The van der Waals surface area contributed by atoms with Crippen LogP contribution >= 0.6 is 0 Å². The van der Waals surface area contributed by atoms with E-state index in [1.807, 2.05) is 19.1 Å². The Labute approximate surface area is 138 Å². The molecule has 1 aromatic heterocycles. The fraction of sp³-hybridized carbons (Fsp3) is 0.235. The first kappa shape index (κ1) is 15.8. The Bertz CT molecular complexity index is 770. The van der Waals surface area contributed by atoms with E-state index >= 15 is 0 Å². The zero-order chi connectivity index (χ0) is 17.1. The number of benzene rings is 1. The maximum atomic E-state index is 12.5. The number of carbonyl (C=O) groups is 3. The summed E-state index contributed by atoms with van der Waals surface area (Å²) in [4.78, 5) is 38.0. The summed E-state index contributed by atoms with van der Waals surface area (Å²) in [5.41, 5.74) is 1.45. The highest BCUT2D eigenvalue weighted by Gasteiger charge is 2.37. The average Bonchev–Trinajstić information content (AvgIpc) is 3.20. The molecule has 0 aliphatic carbocycles. The molecule has 0 fully saturated rings. The van der Waals surface area contributed by atoms with Gasteiger partial charge in [-0.25, -0.2) is 0 Å².